The number of para-hydroxylation sites is 1. The Labute approximate surface area is 186 Å². The molecule has 2 aromatic carbocycles. The van der Waals surface area contributed by atoms with Gasteiger partial charge in [-0.1, -0.05) is 36.2 Å². The number of benzene rings is 2. The molecule has 1 fully saturated rings. The summed E-state index contributed by atoms with van der Waals surface area (Å²) >= 11 is 1.85. The van der Waals surface area contributed by atoms with Gasteiger partial charge in [-0.25, -0.2) is 4.31 Å². The van der Waals surface area contributed by atoms with Gasteiger partial charge in [0.2, 0.25) is 0 Å². The zero-order valence-electron chi connectivity index (χ0n) is 17.9. The number of aromatic amines is 2. The minimum Gasteiger partial charge on any atom is -0.400 e. The first kappa shape index (κ1) is 21.6. The van der Waals surface area contributed by atoms with Crippen LogP contribution in [0.5, 0.6) is 0 Å². The minimum atomic E-state index is -0.0633. The number of H-pyrrole nitrogens is 2. The number of nitrogens with one attached hydrogen (secondary N) is 3. The maximum atomic E-state index is 12.6. The summed E-state index contributed by atoms with van der Waals surface area (Å²) in [6.45, 7) is 5.72. The first-order valence-electron chi connectivity index (χ1n) is 10.5. The zero-order valence-corrected chi connectivity index (χ0v) is 18.8. The summed E-state index contributed by atoms with van der Waals surface area (Å²) in [5.74, 6) is 0. The maximum absolute atomic E-state index is 12.6. The van der Waals surface area contributed by atoms with Crippen LogP contribution in [0.15, 0.2) is 59.4 Å². The average Bonchev–Trinajstić information content (AvgIpc) is 3.23. The van der Waals surface area contributed by atoms with E-state index >= 15 is 0 Å². The van der Waals surface area contributed by atoms with Gasteiger partial charge in [0.15, 0.2) is 0 Å². The number of pyridine rings is 1. The second kappa shape index (κ2) is 9.70. The number of nitrogens with zero attached hydrogens (tertiary/aromatic N) is 1. The van der Waals surface area contributed by atoms with Gasteiger partial charge in [-0.3, -0.25) is 4.79 Å². The second-order valence-electron chi connectivity index (χ2n) is 7.74. The van der Waals surface area contributed by atoms with Crippen LogP contribution in [0, 0.1) is 0 Å². The van der Waals surface area contributed by atoms with Gasteiger partial charge in [0.25, 0.3) is 5.56 Å². The van der Waals surface area contributed by atoms with Gasteiger partial charge in [-0.2, -0.15) is 0 Å². The molecule has 4 N–H and O–H groups in total. The molecule has 5 rings (SSSR count). The van der Waals surface area contributed by atoms with E-state index in [1.807, 2.05) is 42.3 Å². The largest absolute Gasteiger partial charge is 0.400 e. The zero-order chi connectivity index (χ0) is 21.8. The molecule has 7 heteroatoms. The molecule has 1 saturated heterocycles. The van der Waals surface area contributed by atoms with Crippen molar-refractivity contribution in [3.05, 3.63) is 70.5 Å². The molecule has 1 aliphatic heterocycles. The van der Waals surface area contributed by atoms with Gasteiger partial charge < -0.3 is 20.0 Å². The Hall–Kier alpha value is -2.58. The summed E-state index contributed by atoms with van der Waals surface area (Å²) in [5, 5.41) is 9.20. The fourth-order valence-corrected chi connectivity index (χ4v) is 4.78. The van der Waals surface area contributed by atoms with E-state index in [0.29, 0.717) is 5.56 Å². The molecule has 2 aromatic heterocycles. The van der Waals surface area contributed by atoms with Crippen molar-refractivity contribution < 1.29 is 10.0 Å². The number of rotatable bonds is 4. The van der Waals surface area contributed by atoms with Crippen molar-refractivity contribution in [2.45, 2.75) is 6.54 Å². The first-order chi connectivity index (χ1) is 15.2. The van der Waals surface area contributed by atoms with Crippen LogP contribution in [-0.2, 0) is 6.54 Å². The van der Waals surface area contributed by atoms with Gasteiger partial charge in [0.1, 0.15) is 6.54 Å². The fourth-order valence-electron chi connectivity index (χ4n) is 4.24. The number of hydrogen-bond donors (Lipinski definition) is 4. The van der Waals surface area contributed by atoms with Crippen molar-refractivity contribution in [2.75, 3.05) is 39.5 Å². The molecule has 162 valence electrons. The van der Waals surface area contributed by atoms with E-state index in [0.717, 1.165) is 54.2 Å². The van der Waals surface area contributed by atoms with Crippen molar-refractivity contribution in [3.63, 3.8) is 0 Å². The van der Waals surface area contributed by atoms with Crippen LogP contribution in [0.2, 0.25) is 0 Å². The van der Waals surface area contributed by atoms with Crippen LogP contribution in [-0.4, -0.2) is 58.9 Å². The number of fused-ring (bicyclic) bond motifs is 2. The molecule has 0 unspecified atom stereocenters. The molecule has 0 radical (unpaired) electrons. The van der Waals surface area contributed by atoms with E-state index in [1.54, 1.807) is 4.90 Å². The summed E-state index contributed by atoms with van der Waals surface area (Å²) in [5.41, 5.74) is 4.77. The average molecular weight is 438 g/mol. The monoisotopic (exact) mass is 437 g/mol. The van der Waals surface area contributed by atoms with Crippen molar-refractivity contribution in [2.24, 2.45) is 0 Å². The van der Waals surface area contributed by atoms with Gasteiger partial charge in [0.05, 0.1) is 37.4 Å². The fraction of sp³-hybridized carbons (Fsp3) is 0.292. The first-order valence-corrected chi connectivity index (χ1v) is 11.7. The molecule has 0 atom stereocenters. The van der Waals surface area contributed by atoms with Crippen LogP contribution in [0.25, 0.3) is 33.1 Å². The Morgan fingerprint density at radius 3 is 2.48 bits per heavy atom. The highest BCUT2D eigenvalue weighted by molar-refractivity contribution is 7.96. The number of piperazine rings is 1. The topological polar surface area (TPSA) is 76.6 Å². The lowest BCUT2D eigenvalue weighted by molar-refractivity contribution is -0.917. The number of aromatic nitrogens is 2. The molecular weight excluding hydrogens is 408 g/mol. The summed E-state index contributed by atoms with van der Waals surface area (Å²) < 4.78 is 2.44. The summed E-state index contributed by atoms with van der Waals surface area (Å²) in [6.07, 6.45) is 2.16. The van der Waals surface area contributed by atoms with Crippen LogP contribution in [0.1, 0.15) is 5.56 Å². The van der Waals surface area contributed by atoms with Crippen LogP contribution >= 0.6 is 11.9 Å². The Kier molecular flexibility index (Phi) is 6.77. The lowest BCUT2D eigenvalue weighted by Gasteiger charge is -2.30. The van der Waals surface area contributed by atoms with Crippen LogP contribution in [0.4, 0.5) is 0 Å². The highest BCUT2D eigenvalue weighted by Crippen LogP contribution is 2.24. The molecular formula is C24H29N4O2S+. The van der Waals surface area contributed by atoms with Gasteiger partial charge in [-0.15, -0.1) is 0 Å². The third-order valence-electron chi connectivity index (χ3n) is 5.87. The van der Waals surface area contributed by atoms with E-state index in [4.69, 9.17) is 5.11 Å². The quantitative estimate of drug-likeness (QED) is 0.370. The van der Waals surface area contributed by atoms with Crippen molar-refractivity contribution >= 4 is 33.8 Å². The van der Waals surface area contributed by atoms with Crippen molar-refractivity contribution in [3.8, 4) is 11.3 Å². The number of aliphatic hydroxyl groups excluding tert-OH is 1. The summed E-state index contributed by atoms with van der Waals surface area (Å²) in [6, 6.07) is 18.6. The number of quaternary nitrogens is 1. The molecule has 1 aliphatic rings. The smallest absolute Gasteiger partial charge is 0.257 e. The van der Waals surface area contributed by atoms with E-state index in [2.05, 4.69) is 44.8 Å². The van der Waals surface area contributed by atoms with Crippen molar-refractivity contribution in [1.29, 1.82) is 0 Å². The molecule has 0 aliphatic carbocycles. The molecule has 31 heavy (non-hydrogen) atoms. The number of aliphatic hydroxyl groups is 1. The lowest BCUT2D eigenvalue weighted by atomic mass is 10.1. The third-order valence-corrected chi connectivity index (χ3v) is 6.75. The standard InChI is InChI=1S/C23H24N4OS.CH4O/c1-29-27-10-8-26(9-11-27)15-16-6-7-21-18(12-16)14-22(24-21)19-13-17-4-2-3-5-20(17)25-23(19)28;1-2/h2-7,12-14,24H,8-11,15H2,1H3,(H,25,28);2H,1H3/p+1. The minimum absolute atomic E-state index is 0.0633. The second-order valence-corrected chi connectivity index (χ2v) is 8.62. The van der Waals surface area contributed by atoms with E-state index in [-0.39, 0.29) is 5.56 Å². The van der Waals surface area contributed by atoms with Gasteiger partial charge >= 0.3 is 0 Å². The van der Waals surface area contributed by atoms with E-state index in [1.165, 1.54) is 18.7 Å². The molecule has 0 spiro atoms. The molecule has 6 nitrogen and oxygen atoms in total. The Morgan fingerprint density at radius 2 is 1.71 bits per heavy atom. The lowest BCUT2D eigenvalue weighted by Crippen LogP contribution is -3.13. The van der Waals surface area contributed by atoms with Crippen LogP contribution in [0.3, 0.4) is 0 Å². The predicted molar refractivity (Wildman–Crippen MR) is 129 cm³/mol. The van der Waals surface area contributed by atoms with Gasteiger partial charge in [-0.05, 0) is 42.0 Å². The summed E-state index contributed by atoms with van der Waals surface area (Å²) in [7, 11) is 1.00. The summed E-state index contributed by atoms with van der Waals surface area (Å²) in [4.78, 5) is 20.7. The Bertz CT molecular complexity index is 1230. The highest BCUT2D eigenvalue weighted by atomic mass is 32.2. The molecule has 3 heterocycles. The molecule has 4 aromatic rings. The van der Waals surface area contributed by atoms with Gasteiger partial charge in [0, 0.05) is 29.1 Å². The predicted octanol–water partition coefficient (Wildman–Crippen LogP) is 2.26. The SMILES string of the molecule is CO.CSN1CC[NH+](Cc2ccc3[nH]c(-c4cc5ccccc5[nH]c4=O)cc3c2)CC1. The van der Waals surface area contributed by atoms with Crippen LogP contribution < -0.4 is 10.5 Å². The van der Waals surface area contributed by atoms with E-state index in [9.17, 15) is 4.79 Å². The third kappa shape index (κ3) is 4.70. The maximum Gasteiger partial charge on any atom is 0.257 e. The highest BCUT2D eigenvalue weighted by Gasteiger charge is 2.19. The molecule has 0 amide bonds. The normalized spacial score (nSPS) is 15.2. The van der Waals surface area contributed by atoms with Crippen molar-refractivity contribution in [1.82, 2.24) is 14.3 Å². The Morgan fingerprint density at radius 1 is 0.968 bits per heavy atom. The Balaban J connectivity index is 0.00000112. The molecule has 0 bridgehead atoms. The van der Waals surface area contributed by atoms with E-state index < -0.39 is 0 Å². The molecule has 0 saturated carbocycles. The number of hydrogen-bond acceptors (Lipinski definition) is 4.